The second-order valence-electron chi connectivity index (χ2n) is 0. The van der Waals surface area contributed by atoms with Gasteiger partial charge in [-0.3, -0.25) is 0 Å². The van der Waals surface area contributed by atoms with Crippen molar-refractivity contribution in [2.24, 2.45) is 0 Å². The topological polar surface area (TPSA) is 0 Å². The number of halogens is 2. The molecular weight excluding hydrogens is 520 g/mol. The Morgan fingerprint density at radius 2 is 0.800 bits per heavy atom. The molecule has 0 atom stereocenters. The van der Waals surface area contributed by atoms with Crippen LogP contribution in [0.25, 0.3) is 0 Å². The van der Waals surface area contributed by atoms with E-state index in [4.69, 9.17) is 0 Å². The Morgan fingerprint density at radius 1 is 0.800 bits per heavy atom. The first-order valence-electron chi connectivity index (χ1n) is 0.239. The van der Waals surface area contributed by atoms with Gasteiger partial charge in [0, 0.05) is 0 Å². The molecule has 0 saturated heterocycles. The smallest absolute Gasteiger partial charge is 2.00 e. The first-order valence-corrected chi connectivity index (χ1v) is 5.87. The van der Waals surface area contributed by atoms with Crippen LogP contribution in [0.1, 0.15) is 0 Å². The monoisotopic (exact) mass is 519 g/mol. The van der Waals surface area contributed by atoms with Crippen LogP contribution in [0.3, 0.4) is 0 Å². The van der Waals surface area contributed by atoms with Gasteiger partial charge >= 0.3 is 73.2 Å². The Bertz CT molecular complexity index is 7.61. The Kier molecular flexibility index (Phi) is 99.5. The SMILES string of the molecule is [Cl][Pt-].[Cl][Pt-].[Co+2]. The van der Waals surface area contributed by atoms with Crippen LogP contribution in [0.15, 0.2) is 0 Å². The minimum Gasteiger partial charge on any atom is 2.00 e. The molecule has 0 rings (SSSR count). The van der Waals surface area contributed by atoms with E-state index in [1.54, 1.807) is 37.5 Å². The summed E-state index contributed by atoms with van der Waals surface area (Å²) < 4.78 is 0. The van der Waals surface area contributed by atoms with Crippen LogP contribution >= 0.6 is 18.8 Å². The van der Waals surface area contributed by atoms with Crippen LogP contribution in [-0.2, 0) is 54.3 Å². The molecular formula is Cl2CoPt2. The van der Waals surface area contributed by atoms with E-state index in [-0.39, 0.29) is 16.8 Å². The summed E-state index contributed by atoms with van der Waals surface area (Å²) in [6, 6.07) is 0. The first kappa shape index (κ1) is 15.7. The third kappa shape index (κ3) is 21.2. The standard InChI is InChI=1S/2ClH.Co.2Pt/h2*1H;;;/q;;+2;;/p-2. The van der Waals surface area contributed by atoms with Crippen molar-refractivity contribution in [2.45, 2.75) is 0 Å². The Labute approximate surface area is 72.2 Å². The van der Waals surface area contributed by atoms with Gasteiger partial charge in [-0.05, 0) is 0 Å². The predicted molar refractivity (Wildman–Crippen MR) is 11.7 cm³/mol. The molecule has 0 aliphatic carbocycles. The molecule has 0 nitrogen and oxygen atoms in total. The Balaban J connectivity index is -0.0000000133. The molecule has 0 heterocycles. The largest absolute Gasteiger partial charge is 2.00 e. The fraction of sp³-hybridized carbons (Fsp3) is 0. The summed E-state index contributed by atoms with van der Waals surface area (Å²) in [5.41, 5.74) is 0. The van der Waals surface area contributed by atoms with E-state index in [0.29, 0.717) is 0 Å². The van der Waals surface area contributed by atoms with E-state index < -0.39 is 0 Å². The Morgan fingerprint density at radius 3 is 0.800 bits per heavy atom. The molecule has 0 aromatic rings. The van der Waals surface area contributed by atoms with Gasteiger partial charge in [0.1, 0.15) is 0 Å². The van der Waals surface area contributed by atoms with Crippen molar-refractivity contribution in [3.63, 3.8) is 0 Å². The third-order valence-electron chi connectivity index (χ3n) is 0. The van der Waals surface area contributed by atoms with Crippen molar-refractivity contribution >= 4 is 18.8 Å². The van der Waals surface area contributed by atoms with Gasteiger partial charge in [-0.25, -0.2) is 0 Å². The number of rotatable bonds is 0. The van der Waals surface area contributed by atoms with Gasteiger partial charge in [0.2, 0.25) is 0 Å². The summed E-state index contributed by atoms with van der Waals surface area (Å²) in [5, 5.41) is 0. The molecule has 43 valence electrons. The minimum atomic E-state index is 0. The predicted octanol–water partition coefficient (Wildman–Crippen LogP) is 1.37. The zero-order valence-electron chi connectivity index (χ0n) is 1.72. The summed E-state index contributed by atoms with van der Waals surface area (Å²) in [4.78, 5) is 0. The van der Waals surface area contributed by atoms with Gasteiger partial charge in [-0.1, -0.05) is 0 Å². The van der Waals surface area contributed by atoms with Gasteiger partial charge in [-0.15, -0.1) is 0 Å². The molecule has 0 amide bonds. The van der Waals surface area contributed by atoms with Crippen LogP contribution in [0.5, 0.6) is 0 Å². The molecule has 0 aliphatic heterocycles. The molecule has 0 N–H and O–H groups in total. The van der Waals surface area contributed by atoms with E-state index >= 15 is 0 Å². The van der Waals surface area contributed by atoms with E-state index in [0.717, 1.165) is 0 Å². The molecule has 0 fully saturated rings. The fourth-order valence-corrected chi connectivity index (χ4v) is 0. The molecule has 1 radical (unpaired) electrons. The molecule has 0 bridgehead atoms. The van der Waals surface area contributed by atoms with E-state index in [1.165, 1.54) is 0 Å². The number of hydrogen-bond acceptors (Lipinski definition) is 0. The van der Waals surface area contributed by atoms with Crippen molar-refractivity contribution in [1.82, 2.24) is 0 Å². The summed E-state index contributed by atoms with van der Waals surface area (Å²) in [5.74, 6) is 0. The maximum Gasteiger partial charge on any atom is 2.00 e. The van der Waals surface area contributed by atoms with Gasteiger partial charge in [-0.2, -0.15) is 0 Å². The van der Waals surface area contributed by atoms with Crippen LogP contribution in [0, 0.1) is 0 Å². The van der Waals surface area contributed by atoms with Crippen molar-refractivity contribution in [3.05, 3.63) is 0 Å². The van der Waals surface area contributed by atoms with Crippen molar-refractivity contribution in [3.8, 4) is 0 Å². The van der Waals surface area contributed by atoms with Crippen LogP contribution in [-0.4, -0.2) is 0 Å². The maximum absolute atomic E-state index is 4.61. The average Bonchev–Trinajstić information content (AvgIpc) is 1.50. The van der Waals surface area contributed by atoms with Gasteiger partial charge in [0.25, 0.3) is 0 Å². The van der Waals surface area contributed by atoms with Crippen LogP contribution in [0.2, 0.25) is 0 Å². The van der Waals surface area contributed by atoms with Crippen LogP contribution in [0.4, 0.5) is 0 Å². The zero-order valence-corrected chi connectivity index (χ0v) is 8.82. The molecule has 0 aromatic carbocycles. The van der Waals surface area contributed by atoms with E-state index in [2.05, 4.69) is 18.8 Å². The quantitative estimate of drug-likeness (QED) is 0.454. The summed E-state index contributed by atoms with van der Waals surface area (Å²) in [7, 11) is 9.22. The van der Waals surface area contributed by atoms with E-state index in [9.17, 15) is 0 Å². The molecule has 0 unspecified atom stereocenters. The second-order valence-corrected chi connectivity index (χ2v) is 0. The Hall–Kier alpha value is 2.46. The van der Waals surface area contributed by atoms with Crippen molar-refractivity contribution in [1.29, 1.82) is 0 Å². The maximum atomic E-state index is 4.61. The molecule has 0 saturated carbocycles. The summed E-state index contributed by atoms with van der Waals surface area (Å²) in [6.07, 6.45) is 0. The molecule has 0 aliphatic rings. The molecule has 0 spiro atoms. The molecule has 0 aromatic heterocycles. The zero-order chi connectivity index (χ0) is 4.00. The average molecular weight is 520 g/mol. The van der Waals surface area contributed by atoms with Gasteiger partial charge in [0.05, 0.1) is 0 Å². The third-order valence-corrected chi connectivity index (χ3v) is 0. The van der Waals surface area contributed by atoms with E-state index in [1.807, 2.05) is 0 Å². The first-order chi connectivity index (χ1) is 2.00. The fourth-order valence-electron chi connectivity index (χ4n) is 0. The van der Waals surface area contributed by atoms with Crippen LogP contribution < -0.4 is 0 Å². The minimum absolute atomic E-state index is 0. The molecule has 5 heteroatoms. The molecule has 5 heavy (non-hydrogen) atoms. The summed E-state index contributed by atoms with van der Waals surface area (Å²) in [6.45, 7) is 0. The second kappa shape index (κ2) is 31.8. The van der Waals surface area contributed by atoms with Crippen molar-refractivity contribution in [2.75, 3.05) is 0 Å². The van der Waals surface area contributed by atoms with Crippen molar-refractivity contribution < 1.29 is 54.3 Å². The normalized spacial score (nSPS) is 2.80. The van der Waals surface area contributed by atoms with Gasteiger partial charge < -0.3 is 0 Å². The summed E-state index contributed by atoms with van der Waals surface area (Å²) >= 11 is 3.22. The number of hydrogen-bond donors (Lipinski definition) is 0. The van der Waals surface area contributed by atoms with Gasteiger partial charge in [0.15, 0.2) is 0 Å².